The highest BCUT2D eigenvalue weighted by Gasteiger charge is 2.19. The van der Waals surface area contributed by atoms with Gasteiger partial charge in [-0.05, 0) is 135 Å². The molecule has 0 radical (unpaired) electrons. The van der Waals surface area contributed by atoms with Gasteiger partial charge in [-0.3, -0.25) is 14.4 Å². The molecule has 0 bridgehead atoms. The molecule has 0 N–H and O–H groups in total. The van der Waals surface area contributed by atoms with Crippen molar-refractivity contribution in [3.05, 3.63) is 134 Å². The second-order valence-electron chi connectivity index (χ2n) is 19.8. The number of allylic oxidation sites excluding steroid dienone is 22. The van der Waals surface area contributed by atoms with E-state index >= 15 is 0 Å². The third-order valence-electron chi connectivity index (χ3n) is 12.6. The number of rotatable bonds is 54. The minimum atomic E-state index is -0.807. The third-order valence-corrected chi connectivity index (χ3v) is 12.6. The largest absolute Gasteiger partial charge is 0.462 e. The van der Waals surface area contributed by atoms with E-state index in [1.807, 2.05) is 0 Å². The molecule has 1 unspecified atom stereocenters. The van der Waals surface area contributed by atoms with E-state index in [1.54, 1.807) is 0 Å². The van der Waals surface area contributed by atoms with E-state index in [2.05, 4.69) is 154 Å². The first-order valence-corrected chi connectivity index (χ1v) is 30.7. The Morgan fingerprint density at radius 2 is 0.520 bits per heavy atom. The number of hydrogen-bond donors (Lipinski definition) is 0. The molecule has 0 aromatic heterocycles. The van der Waals surface area contributed by atoms with Crippen LogP contribution in [0.4, 0.5) is 0 Å². The minimum absolute atomic E-state index is 0.103. The highest BCUT2D eigenvalue weighted by Crippen LogP contribution is 2.14. The van der Waals surface area contributed by atoms with E-state index in [-0.39, 0.29) is 31.1 Å². The van der Waals surface area contributed by atoms with Gasteiger partial charge in [0.1, 0.15) is 13.2 Å². The second kappa shape index (κ2) is 62.1. The molecule has 6 nitrogen and oxygen atoms in total. The van der Waals surface area contributed by atoms with Gasteiger partial charge < -0.3 is 14.2 Å². The third kappa shape index (κ3) is 60.3. The van der Waals surface area contributed by atoms with E-state index < -0.39 is 6.10 Å². The van der Waals surface area contributed by atoms with Crippen molar-refractivity contribution in [2.75, 3.05) is 13.2 Å². The highest BCUT2D eigenvalue weighted by atomic mass is 16.6. The molecule has 424 valence electrons. The SMILES string of the molecule is CC/C=C\C/C=C\C/C=C\C/C=C\C/C=C\C/C=C\C/C=C\CCCCCC(=O)OCC(COC(=O)CCCCCCC/C=C\C/C=C\C/C=C\CC)OC(=O)CCCCCCCCC/C=C\CCCCCCCC. The molecular weight excluding hydrogens is 925 g/mol. The van der Waals surface area contributed by atoms with Crippen molar-refractivity contribution in [2.24, 2.45) is 0 Å². The fraction of sp³-hybridized carbons (Fsp3) is 0.638. The number of esters is 3. The molecule has 0 amide bonds. The van der Waals surface area contributed by atoms with Crippen LogP contribution < -0.4 is 0 Å². The lowest BCUT2D eigenvalue weighted by Crippen LogP contribution is -2.30. The predicted molar refractivity (Wildman–Crippen MR) is 325 cm³/mol. The molecule has 0 aromatic carbocycles. The fourth-order valence-electron chi connectivity index (χ4n) is 8.08. The van der Waals surface area contributed by atoms with Crippen molar-refractivity contribution in [1.82, 2.24) is 0 Å². The fourth-order valence-corrected chi connectivity index (χ4v) is 8.08. The summed E-state index contributed by atoms with van der Waals surface area (Å²) in [6, 6.07) is 0. The Kier molecular flexibility index (Phi) is 58.4. The lowest BCUT2D eigenvalue weighted by molar-refractivity contribution is -0.167. The standard InChI is InChI=1S/C69H112O6/c1-4-7-10-13-16-19-22-25-28-30-31-32-33-34-35-36-37-39-41-44-47-50-53-56-59-62-68(71)74-65-66(64-73-67(70)61-58-55-52-49-46-43-40-27-24-21-18-15-12-9-6-3)75-69(72)63-60-57-54-51-48-45-42-38-29-26-23-20-17-14-11-8-5-2/h7,9-10,12,16,18-19,21,25-29,31-32,34-35,37,39-40,44,47,66H,4-6,8,11,13-15,17,20,22-24,30,33,36,38,41-43,45-46,48-65H2,1-3H3/b10-7-,12-9-,19-16-,21-18-,28-25-,29-26-,32-31-,35-34-,39-37-,40-27-,47-44-. The molecule has 0 saturated carbocycles. The Hall–Kier alpha value is -4.45. The summed E-state index contributed by atoms with van der Waals surface area (Å²) in [6.45, 7) is 6.37. The van der Waals surface area contributed by atoms with Crippen molar-refractivity contribution in [3.8, 4) is 0 Å². The van der Waals surface area contributed by atoms with Crippen LogP contribution in [0.25, 0.3) is 0 Å². The zero-order valence-electron chi connectivity index (χ0n) is 48.5. The number of unbranched alkanes of at least 4 members (excludes halogenated alkanes) is 21. The zero-order chi connectivity index (χ0) is 54.3. The summed E-state index contributed by atoms with van der Waals surface area (Å²) in [5.41, 5.74) is 0. The van der Waals surface area contributed by atoms with Gasteiger partial charge in [-0.15, -0.1) is 0 Å². The molecule has 0 aromatic rings. The molecule has 6 heteroatoms. The molecule has 1 atom stereocenters. The molecule has 0 heterocycles. The van der Waals surface area contributed by atoms with E-state index in [1.165, 1.54) is 77.0 Å². The highest BCUT2D eigenvalue weighted by molar-refractivity contribution is 5.71. The van der Waals surface area contributed by atoms with Gasteiger partial charge in [-0.1, -0.05) is 244 Å². The van der Waals surface area contributed by atoms with Crippen molar-refractivity contribution < 1.29 is 28.6 Å². The molecule has 0 rings (SSSR count). The lowest BCUT2D eigenvalue weighted by atomic mass is 10.1. The molecule has 0 aliphatic carbocycles. The molecule has 0 aliphatic rings. The van der Waals surface area contributed by atoms with Crippen molar-refractivity contribution >= 4 is 17.9 Å². The Morgan fingerprint density at radius 3 is 0.840 bits per heavy atom. The van der Waals surface area contributed by atoms with Crippen LogP contribution in [-0.2, 0) is 28.6 Å². The van der Waals surface area contributed by atoms with Gasteiger partial charge >= 0.3 is 17.9 Å². The first-order valence-electron chi connectivity index (χ1n) is 30.7. The Labute approximate surface area is 462 Å². The quantitative estimate of drug-likeness (QED) is 0.0261. The maximum absolute atomic E-state index is 12.9. The zero-order valence-corrected chi connectivity index (χ0v) is 48.5. The van der Waals surface area contributed by atoms with Gasteiger partial charge in [0.2, 0.25) is 0 Å². The van der Waals surface area contributed by atoms with Crippen LogP contribution >= 0.6 is 0 Å². The van der Waals surface area contributed by atoms with E-state index in [4.69, 9.17) is 14.2 Å². The molecular formula is C69H112O6. The van der Waals surface area contributed by atoms with Gasteiger partial charge in [0.25, 0.3) is 0 Å². The molecule has 75 heavy (non-hydrogen) atoms. The van der Waals surface area contributed by atoms with Crippen molar-refractivity contribution in [2.45, 2.75) is 271 Å². The van der Waals surface area contributed by atoms with Crippen LogP contribution in [0.2, 0.25) is 0 Å². The van der Waals surface area contributed by atoms with Gasteiger partial charge in [0.05, 0.1) is 0 Å². The molecule has 0 fully saturated rings. The monoisotopic (exact) mass is 1040 g/mol. The van der Waals surface area contributed by atoms with Crippen LogP contribution in [0, 0.1) is 0 Å². The summed E-state index contributed by atoms with van der Waals surface area (Å²) in [4.78, 5) is 38.3. The molecule has 0 saturated heterocycles. The summed E-state index contributed by atoms with van der Waals surface area (Å²) in [5, 5.41) is 0. The summed E-state index contributed by atoms with van der Waals surface area (Å²) in [7, 11) is 0. The maximum atomic E-state index is 12.9. The Balaban J connectivity index is 4.47. The van der Waals surface area contributed by atoms with Crippen LogP contribution in [0.1, 0.15) is 265 Å². The summed E-state index contributed by atoms with van der Waals surface area (Å²) in [6.07, 6.45) is 87.3. The van der Waals surface area contributed by atoms with Gasteiger partial charge in [0.15, 0.2) is 6.10 Å². The topological polar surface area (TPSA) is 78.9 Å². The first kappa shape index (κ1) is 70.5. The summed E-state index contributed by atoms with van der Waals surface area (Å²) < 4.78 is 16.9. The number of hydrogen-bond acceptors (Lipinski definition) is 6. The van der Waals surface area contributed by atoms with Crippen LogP contribution in [0.3, 0.4) is 0 Å². The van der Waals surface area contributed by atoms with Crippen LogP contribution in [-0.4, -0.2) is 37.2 Å². The molecule has 0 spiro atoms. The predicted octanol–water partition coefficient (Wildman–Crippen LogP) is 21.0. The lowest BCUT2D eigenvalue weighted by Gasteiger charge is -2.18. The van der Waals surface area contributed by atoms with Gasteiger partial charge in [-0.2, -0.15) is 0 Å². The Morgan fingerprint density at radius 1 is 0.280 bits per heavy atom. The smallest absolute Gasteiger partial charge is 0.306 e. The number of carbonyl (C=O) groups is 3. The average molecular weight is 1040 g/mol. The van der Waals surface area contributed by atoms with E-state index in [0.717, 1.165) is 148 Å². The van der Waals surface area contributed by atoms with E-state index in [9.17, 15) is 14.4 Å². The van der Waals surface area contributed by atoms with E-state index in [0.29, 0.717) is 19.3 Å². The molecule has 0 aliphatic heterocycles. The number of carbonyl (C=O) groups excluding carboxylic acids is 3. The summed E-state index contributed by atoms with van der Waals surface area (Å²) >= 11 is 0. The van der Waals surface area contributed by atoms with Crippen LogP contribution in [0.5, 0.6) is 0 Å². The number of ether oxygens (including phenoxy) is 3. The average Bonchev–Trinajstić information content (AvgIpc) is 3.41. The minimum Gasteiger partial charge on any atom is -0.462 e. The van der Waals surface area contributed by atoms with Gasteiger partial charge in [0, 0.05) is 19.3 Å². The first-order chi connectivity index (χ1) is 37.0. The maximum Gasteiger partial charge on any atom is 0.306 e. The Bertz CT molecular complexity index is 1620. The normalized spacial score (nSPS) is 13.1. The van der Waals surface area contributed by atoms with Crippen molar-refractivity contribution in [3.63, 3.8) is 0 Å². The second-order valence-corrected chi connectivity index (χ2v) is 19.8. The van der Waals surface area contributed by atoms with Crippen molar-refractivity contribution in [1.29, 1.82) is 0 Å². The summed E-state index contributed by atoms with van der Waals surface area (Å²) in [5.74, 6) is -0.957. The van der Waals surface area contributed by atoms with Crippen LogP contribution in [0.15, 0.2) is 134 Å². The van der Waals surface area contributed by atoms with Gasteiger partial charge in [-0.25, -0.2) is 0 Å².